The number of carbonyl (C=O) groups excluding carboxylic acids is 1. The lowest BCUT2D eigenvalue weighted by Gasteiger charge is -2.37. The predicted molar refractivity (Wildman–Crippen MR) is 124 cm³/mol. The van der Waals surface area contributed by atoms with Gasteiger partial charge in [-0.3, -0.25) is 9.59 Å². The number of hydrogen-bond donors (Lipinski definition) is 2. The Hall–Kier alpha value is -2.76. The number of imidazole rings is 1. The van der Waals surface area contributed by atoms with Crippen LogP contribution in [0.1, 0.15) is 43.5 Å². The molecule has 2 bridgehead atoms. The molecule has 4 heterocycles. The minimum Gasteiger partial charge on any atom is -0.396 e. The Morgan fingerprint density at radius 3 is 2.68 bits per heavy atom. The molecule has 4 atom stereocenters. The molecule has 2 aromatic heterocycles. The Balaban J connectivity index is 1.67. The van der Waals surface area contributed by atoms with Gasteiger partial charge in [-0.1, -0.05) is 12.2 Å². The van der Waals surface area contributed by atoms with Crippen LogP contribution < -0.4 is 10.9 Å². The normalized spacial score (nSPS) is 27.0. The van der Waals surface area contributed by atoms with Crippen LogP contribution in [0.2, 0.25) is 0 Å². The largest absolute Gasteiger partial charge is 0.396 e. The highest BCUT2D eigenvalue weighted by Gasteiger charge is 2.60. The predicted octanol–water partition coefficient (Wildman–Crippen LogP) is 0.636. The van der Waals surface area contributed by atoms with Gasteiger partial charge in [-0.25, -0.2) is 13.4 Å². The van der Waals surface area contributed by atoms with E-state index in [1.165, 1.54) is 16.8 Å². The first-order valence-electron chi connectivity index (χ1n) is 11.6. The third kappa shape index (κ3) is 3.45. The molecule has 2 N–H and O–H groups in total. The van der Waals surface area contributed by atoms with Gasteiger partial charge in [-0.15, -0.1) is 0 Å². The van der Waals surface area contributed by atoms with E-state index < -0.39 is 33.9 Å². The number of aromatic nitrogens is 3. The monoisotopic (exact) mass is 487 g/mol. The van der Waals surface area contributed by atoms with Crippen LogP contribution in [0.15, 0.2) is 40.6 Å². The number of fused-ring (bicyclic) bond motifs is 4. The van der Waals surface area contributed by atoms with Gasteiger partial charge in [0.1, 0.15) is 0 Å². The van der Waals surface area contributed by atoms with Crippen molar-refractivity contribution in [3.63, 3.8) is 0 Å². The molecule has 1 saturated heterocycles. The van der Waals surface area contributed by atoms with Crippen LogP contribution in [0.25, 0.3) is 6.08 Å². The maximum absolute atomic E-state index is 13.8. The summed E-state index contributed by atoms with van der Waals surface area (Å²) in [4.78, 5) is 30.8. The number of sulfonamides is 1. The summed E-state index contributed by atoms with van der Waals surface area (Å²) in [6, 6.07) is 1.77. The smallest absolute Gasteiger partial charge is 0.263 e. The van der Waals surface area contributed by atoms with Gasteiger partial charge >= 0.3 is 0 Å². The Bertz CT molecular complexity index is 1310. The van der Waals surface area contributed by atoms with E-state index in [1.54, 1.807) is 40.5 Å². The lowest BCUT2D eigenvalue weighted by molar-refractivity contribution is -0.128. The number of allylic oxidation sites excluding steroid dienone is 1. The number of nitrogens with zero attached hydrogens (tertiary/aromatic N) is 4. The summed E-state index contributed by atoms with van der Waals surface area (Å²) in [5, 5.41) is 13.3. The highest BCUT2D eigenvalue weighted by molar-refractivity contribution is 7.89. The second-order valence-corrected chi connectivity index (χ2v) is 11.2. The maximum atomic E-state index is 13.8. The summed E-state index contributed by atoms with van der Waals surface area (Å²) in [6.07, 6.45) is 9.11. The second-order valence-electron chi connectivity index (χ2n) is 9.36. The molecule has 34 heavy (non-hydrogen) atoms. The van der Waals surface area contributed by atoms with Crippen molar-refractivity contribution in [1.29, 1.82) is 0 Å². The number of amides is 1. The molecule has 2 aromatic rings. The molecule has 2 fully saturated rings. The van der Waals surface area contributed by atoms with Crippen LogP contribution in [0.4, 0.5) is 0 Å². The van der Waals surface area contributed by atoms with Gasteiger partial charge in [0.2, 0.25) is 5.91 Å². The molecule has 2 aliphatic heterocycles. The van der Waals surface area contributed by atoms with Crippen LogP contribution in [0.3, 0.4) is 0 Å². The molecule has 1 amide bonds. The van der Waals surface area contributed by atoms with Gasteiger partial charge in [-0.05, 0) is 38.3 Å². The molecule has 10 nitrogen and oxygen atoms in total. The molecule has 5 rings (SSSR count). The molecule has 1 saturated carbocycles. The third-order valence-corrected chi connectivity index (χ3v) is 9.13. The lowest BCUT2D eigenvalue weighted by Crippen LogP contribution is -2.49. The number of rotatable bonds is 6. The third-order valence-electron chi connectivity index (χ3n) is 7.34. The number of nitrogens with one attached hydrogen (secondary N) is 1. The first-order valence-corrected chi connectivity index (χ1v) is 13.0. The highest BCUT2D eigenvalue weighted by atomic mass is 32.2. The fourth-order valence-corrected chi connectivity index (χ4v) is 7.30. The Morgan fingerprint density at radius 2 is 2.09 bits per heavy atom. The van der Waals surface area contributed by atoms with Gasteiger partial charge in [0.05, 0.1) is 18.3 Å². The first-order chi connectivity index (χ1) is 16.3. The summed E-state index contributed by atoms with van der Waals surface area (Å²) in [5.41, 5.74) is 0.707. The van der Waals surface area contributed by atoms with Crippen LogP contribution in [-0.4, -0.2) is 56.5 Å². The van der Waals surface area contributed by atoms with Crippen molar-refractivity contribution in [2.45, 2.75) is 55.9 Å². The first kappa shape index (κ1) is 23.0. The molecule has 3 aliphatic rings. The zero-order chi connectivity index (χ0) is 24.2. The van der Waals surface area contributed by atoms with Crippen LogP contribution in [-0.2, 0) is 28.4 Å². The number of aryl methyl sites for hydroxylation is 1. The summed E-state index contributed by atoms with van der Waals surface area (Å²) in [7, 11) is -2.42. The highest BCUT2D eigenvalue weighted by Crippen LogP contribution is 2.50. The van der Waals surface area contributed by atoms with Crippen molar-refractivity contribution in [3.05, 3.63) is 52.3 Å². The van der Waals surface area contributed by atoms with Crippen molar-refractivity contribution in [2.24, 2.45) is 18.9 Å². The number of hydrogen-bond acceptors (Lipinski definition) is 6. The minimum absolute atomic E-state index is 0.0561. The molecule has 1 aliphatic carbocycles. The fourth-order valence-electron chi connectivity index (χ4n) is 5.49. The molecule has 11 heteroatoms. The van der Waals surface area contributed by atoms with Gasteiger partial charge in [0.25, 0.3) is 15.6 Å². The topological polar surface area (TPSA) is 127 Å². The Morgan fingerprint density at radius 1 is 1.32 bits per heavy atom. The van der Waals surface area contributed by atoms with E-state index in [2.05, 4.69) is 10.3 Å². The van der Waals surface area contributed by atoms with E-state index >= 15 is 0 Å². The van der Waals surface area contributed by atoms with E-state index in [0.717, 1.165) is 19.3 Å². The average molecular weight is 488 g/mol. The van der Waals surface area contributed by atoms with Crippen molar-refractivity contribution in [1.82, 2.24) is 23.7 Å². The summed E-state index contributed by atoms with van der Waals surface area (Å²) in [6.45, 7) is 1.50. The van der Waals surface area contributed by atoms with Gasteiger partial charge in [-0.2, -0.15) is 4.31 Å². The van der Waals surface area contributed by atoms with E-state index in [1.807, 2.05) is 6.92 Å². The van der Waals surface area contributed by atoms with E-state index in [4.69, 9.17) is 0 Å². The average Bonchev–Trinajstić information content (AvgIpc) is 3.32. The van der Waals surface area contributed by atoms with Crippen LogP contribution in [0.5, 0.6) is 0 Å². The fraction of sp³-hybridized carbons (Fsp3) is 0.522. The van der Waals surface area contributed by atoms with E-state index in [9.17, 15) is 23.1 Å². The minimum atomic E-state index is -4.10. The van der Waals surface area contributed by atoms with E-state index in [0.29, 0.717) is 11.3 Å². The Labute approximate surface area is 198 Å². The zero-order valence-electron chi connectivity index (χ0n) is 19.2. The summed E-state index contributed by atoms with van der Waals surface area (Å²) >= 11 is 0. The van der Waals surface area contributed by atoms with Crippen molar-refractivity contribution in [2.75, 3.05) is 6.61 Å². The van der Waals surface area contributed by atoms with Gasteiger partial charge in [0.15, 0.2) is 5.03 Å². The van der Waals surface area contributed by atoms with Gasteiger partial charge < -0.3 is 19.6 Å². The molecular formula is C23H29N5O5S. The molecule has 182 valence electrons. The molecular weight excluding hydrogens is 458 g/mol. The standard InChI is InChI=1S/C23H29N5O5S/c1-3-5-14-8-9-17-21-20(22(30)25-15-6-4-7-15)16(12-29)18(10-27(17)23(14)31)28(21)34(32,33)19-11-26(2)13-24-19/h3,5,8-9,11,13,15-16,18,20-21,29H,4,6-7,10,12H2,1-2H3,(H,25,30)/b5-3-/t16-,18-,20+,21+/m1/s1. The number of pyridine rings is 1. The summed E-state index contributed by atoms with van der Waals surface area (Å²) < 4.78 is 32.0. The lowest BCUT2D eigenvalue weighted by atomic mass is 9.85. The Kier molecular flexibility index (Phi) is 5.73. The number of aliphatic hydroxyl groups is 1. The molecule has 0 unspecified atom stereocenters. The number of carbonyl (C=O) groups is 1. The summed E-state index contributed by atoms with van der Waals surface area (Å²) in [5.74, 6) is -1.77. The van der Waals surface area contributed by atoms with Crippen molar-refractivity contribution in [3.8, 4) is 0 Å². The zero-order valence-corrected chi connectivity index (χ0v) is 20.0. The molecule has 0 radical (unpaired) electrons. The second kappa shape index (κ2) is 8.47. The van der Waals surface area contributed by atoms with Gasteiger partial charge in [0, 0.05) is 55.7 Å². The van der Waals surface area contributed by atoms with Crippen molar-refractivity contribution >= 4 is 22.0 Å². The molecule has 0 spiro atoms. The SMILES string of the molecule is C/C=C\c1ccc2n(c1=O)C[C@@H]1[C@@H](CO)[C@H](C(=O)NC3CCC3)[C@H]2N1S(=O)(=O)c1cn(C)cn1. The molecule has 0 aromatic carbocycles. The number of aliphatic hydroxyl groups excluding tert-OH is 1. The van der Waals surface area contributed by atoms with Crippen LogP contribution in [0, 0.1) is 11.8 Å². The quantitative estimate of drug-likeness (QED) is 0.616. The van der Waals surface area contributed by atoms with Crippen molar-refractivity contribution < 1.29 is 18.3 Å². The van der Waals surface area contributed by atoms with E-state index in [-0.39, 0.29) is 35.7 Å². The maximum Gasteiger partial charge on any atom is 0.263 e. The van der Waals surface area contributed by atoms with Crippen LogP contribution >= 0.6 is 0 Å².